The molecule has 0 bridgehead atoms. The molecule has 1 aromatic heterocycles. The molecule has 6 heteroatoms. The molecular weight excluding hydrogens is 368 g/mol. The van der Waals surface area contributed by atoms with Crippen molar-refractivity contribution in [2.45, 2.75) is 26.2 Å². The van der Waals surface area contributed by atoms with Crippen LogP contribution in [0.3, 0.4) is 0 Å². The van der Waals surface area contributed by atoms with E-state index in [-0.39, 0.29) is 24.1 Å². The first kappa shape index (κ1) is 20.1. The molecule has 148 valence electrons. The first-order chi connectivity index (χ1) is 14.0. The molecule has 0 saturated carbocycles. The molecule has 3 aromatic rings. The number of aromatic nitrogens is 1. The van der Waals surface area contributed by atoms with Crippen molar-refractivity contribution < 1.29 is 14.4 Å². The molecule has 0 spiro atoms. The number of hydrogen-bond acceptors (Lipinski definition) is 5. The highest BCUT2D eigenvalue weighted by Crippen LogP contribution is 2.22. The Morgan fingerprint density at radius 3 is 2.24 bits per heavy atom. The number of hydrogen-bond donors (Lipinski definition) is 1. The van der Waals surface area contributed by atoms with Crippen LogP contribution in [0, 0.1) is 0 Å². The number of carbonyl (C=O) groups is 2. The SMILES string of the molecule is CCC(=O)On1c(-c2ccccc2)cc(N)c(C(=O)CCc2ccccc2)c1=O. The third-order valence-corrected chi connectivity index (χ3v) is 4.51. The molecule has 1 heterocycles. The summed E-state index contributed by atoms with van der Waals surface area (Å²) in [5, 5.41) is 0. The van der Waals surface area contributed by atoms with E-state index in [9.17, 15) is 14.4 Å². The third kappa shape index (κ3) is 4.60. The number of nitrogens with zero attached hydrogens (tertiary/aromatic N) is 1. The van der Waals surface area contributed by atoms with Gasteiger partial charge in [-0.15, -0.1) is 4.73 Å². The number of carbonyl (C=O) groups excluding carboxylic acids is 2. The molecule has 2 N–H and O–H groups in total. The lowest BCUT2D eigenvalue weighted by Crippen LogP contribution is -2.36. The maximum Gasteiger partial charge on any atom is 0.332 e. The van der Waals surface area contributed by atoms with Gasteiger partial charge in [-0.2, -0.15) is 0 Å². The Hall–Kier alpha value is -3.67. The number of anilines is 1. The van der Waals surface area contributed by atoms with Crippen LogP contribution in [-0.2, 0) is 11.2 Å². The number of nitrogens with two attached hydrogens (primary N) is 1. The summed E-state index contributed by atoms with van der Waals surface area (Å²) in [7, 11) is 0. The first-order valence-corrected chi connectivity index (χ1v) is 9.40. The number of ketones is 1. The second kappa shape index (κ2) is 9.01. The van der Waals surface area contributed by atoms with Gasteiger partial charge in [0.25, 0.3) is 5.56 Å². The zero-order valence-corrected chi connectivity index (χ0v) is 16.1. The third-order valence-electron chi connectivity index (χ3n) is 4.51. The summed E-state index contributed by atoms with van der Waals surface area (Å²) in [6.45, 7) is 1.62. The number of pyridine rings is 1. The standard InChI is InChI=1S/C23H22N2O4/c1-2-21(27)29-25-19(17-11-7-4-8-12-17)15-18(24)22(23(25)28)20(26)14-13-16-9-5-3-6-10-16/h3-12,15H,2,13-14,24H2,1H3. The van der Waals surface area contributed by atoms with Crippen LogP contribution in [0.1, 0.15) is 35.7 Å². The summed E-state index contributed by atoms with van der Waals surface area (Å²) in [4.78, 5) is 43.0. The smallest absolute Gasteiger partial charge is 0.332 e. The van der Waals surface area contributed by atoms with Gasteiger partial charge in [0.15, 0.2) is 5.78 Å². The van der Waals surface area contributed by atoms with Crippen molar-refractivity contribution in [2.75, 3.05) is 5.73 Å². The van der Waals surface area contributed by atoms with E-state index in [1.165, 1.54) is 6.07 Å². The lowest BCUT2D eigenvalue weighted by Gasteiger charge is -2.15. The van der Waals surface area contributed by atoms with E-state index >= 15 is 0 Å². The molecule has 0 radical (unpaired) electrons. The summed E-state index contributed by atoms with van der Waals surface area (Å²) < 4.78 is 0.868. The minimum atomic E-state index is -0.733. The van der Waals surface area contributed by atoms with Crippen molar-refractivity contribution in [1.29, 1.82) is 0 Å². The Morgan fingerprint density at radius 1 is 1.00 bits per heavy atom. The highest BCUT2D eigenvalue weighted by molar-refractivity contribution is 6.01. The Labute approximate surface area is 168 Å². The van der Waals surface area contributed by atoms with Crippen LogP contribution in [-0.4, -0.2) is 16.5 Å². The highest BCUT2D eigenvalue weighted by atomic mass is 16.7. The largest absolute Gasteiger partial charge is 0.398 e. The summed E-state index contributed by atoms with van der Waals surface area (Å²) >= 11 is 0. The zero-order valence-electron chi connectivity index (χ0n) is 16.1. The summed E-state index contributed by atoms with van der Waals surface area (Å²) in [6, 6.07) is 19.9. The molecule has 0 fully saturated rings. The van der Waals surface area contributed by atoms with Gasteiger partial charge >= 0.3 is 5.97 Å². The molecule has 0 saturated heterocycles. The molecule has 0 amide bonds. The summed E-state index contributed by atoms with van der Waals surface area (Å²) in [5.41, 5.74) is 7.20. The van der Waals surface area contributed by atoms with Gasteiger partial charge in [0, 0.05) is 18.4 Å². The van der Waals surface area contributed by atoms with Gasteiger partial charge in [-0.1, -0.05) is 67.6 Å². The van der Waals surface area contributed by atoms with Gasteiger partial charge in [0.05, 0.1) is 11.4 Å². The zero-order chi connectivity index (χ0) is 20.8. The number of nitrogen functional groups attached to an aromatic ring is 1. The van der Waals surface area contributed by atoms with Gasteiger partial charge in [0.2, 0.25) is 0 Å². The number of rotatable bonds is 7. The average molecular weight is 390 g/mol. The predicted octanol–water partition coefficient (Wildman–Crippen LogP) is 3.28. The van der Waals surface area contributed by atoms with Crippen molar-refractivity contribution in [3.05, 3.63) is 88.2 Å². The van der Waals surface area contributed by atoms with E-state index in [0.717, 1.165) is 10.3 Å². The number of benzene rings is 2. The van der Waals surface area contributed by atoms with Crippen molar-refractivity contribution in [3.63, 3.8) is 0 Å². The maximum absolute atomic E-state index is 13.1. The van der Waals surface area contributed by atoms with Crippen LogP contribution in [0.2, 0.25) is 0 Å². The fourth-order valence-corrected chi connectivity index (χ4v) is 2.99. The van der Waals surface area contributed by atoms with Crippen molar-refractivity contribution in [3.8, 4) is 11.3 Å². The predicted molar refractivity (Wildman–Crippen MR) is 112 cm³/mol. The number of Topliss-reactive ketones (excluding diaryl/α,β-unsaturated/α-hetero) is 1. The maximum atomic E-state index is 13.1. The van der Waals surface area contributed by atoms with Crippen LogP contribution >= 0.6 is 0 Å². The Balaban J connectivity index is 2.01. The Bertz CT molecular complexity index is 1070. The van der Waals surface area contributed by atoms with Gasteiger partial charge < -0.3 is 10.6 Å². The molecule has 6 nitrogen and oxygen atoms in total. The number of aryl methyl sites for hydroxylation is 1. The van der Waals surface area contributed by atoms with Gasteiger partial charge in [-0.3, -0.25) is 9.59 Å². The summed E-state index contributed by atoms with van der Waals surface area (Å²) in [5.74, 6) is -0.978. The van der Waals surface area contributed by atoms with Crippen LogP contribution in [0.25, 0.3) is 11.3 Å². The molecule has 0 aliphatic carbocycles. The van der Waals surface area contributed by atoms with Gasteiger partial charge in [0.1, 0.15) is 5.56 Å². The van der Waals surface area contributed by atoms with Crippen molar-refractivity contribution in [2.24, 2.45) is 0 Å². The van der Waals surface area contributed by atoms with Crippen LogP contribution in [0.5, 0.6) is 0 Å². The second-order valence-corrected chi connectivity index (χ2v) is 6.55. The van der Waals surface area contributed by atoms with E-state index in [1.807, 2.05) is 36.4 Å². The van der Waals surface area contributed by atoms with Crippen molar-refractivity contribution >= 4 is 17.4 Å². The first-order valence-electron chi connectivity index (χ1n) is 9.40. The monoisotopic (exact) mass is 390 g/mol. The summed E-state index contributed by atoms with van der Waals surface area (Å²) in [6.07, 6.45) is 0.686. The molecule has 0 aliphatic rings. The van der Waals surface area contributed by atoms with Crippen LogP contribution in [0.4, 0.5) is 5.69 Å². The molecule has 0 aliphatic heterocycles. The second-order valence-electron chi connectivity index (χ2n) is 6.55. The normalized spacial score (nSPS) is 10.5. The van der Waals surface area contributed by atoms with E-state index < -0.39 is 17.3 Å². The fourth-order valence-electron chi connectivity index (χ4n) is 2.99. The molecule has 3 rings (SSSR count). The topological polar surface area (TPSA) is 91.4 Å². The Morgan fingerprint density at radius 2 is 1.62 bits per heavy atom. The van der Waals surface area contributed by atoms with Gasteiger partial charge in [-0.05, 0) is 18.1 Å². The average Bonchev–Trinajstić information content (AvgIpc) is 2.75. The quantitative estimate of drug-likeness (QED) is 0.625. The lowest BCUT2D eigenvalue weighted by molar-refractivity contribution is -0.144. The van der Waals surface area contributed by atoms with Crippen LogP contribution < -0.4 is 16.1 Å². The van der Waals surface area contributed by atoms with Crippen molar-refractivity contribution in [1.82, 2.24) is 4.73 Å². The van der Waals surface area contributed by atoms with Crippen LogP contribution in [0.15, 0.2) is 71.5 Å². The fraction of sp³-hybridized carbons (Fsp3) is 0.174. The highest BCUT2D eigenvalue weighted by Gasteiger charge is 2.22. The molecular formula is C23H22N2O4. The van der Waals surface area contributed by atoms with Gasteiger partial charge in [-0.25, -0.2) is 4.79 Å². The molecule has 29 heavy (non-hydrogen) atoms. The van der Waals surface area contributed by atoms with E-state index in [0.29, 0.717) is 17.7 Å². The van der Waals surface area contributed by atoms with E-state index in [2.05, 4.69) is 0 Å². The Kier molecular flexibility index (Phi) is 6.24. The lowest BCUT2D eigenvalue weighted by atomic mass is 10.0. The molecule has 0 atom stereocenters. The molecule has 0 unspecified atom stereocenters. The van der Waals surface area contributed by atoms with E-state index in [4.69, 9.17) is 10.6 Å². The minimum absolute atomic E-state index is 0.0655. The van der Waals surface area contributed by atoms with E-state index in [1.54, 1.807) is 31.2 Å². The minimum Gasteiger partial charge on any atom is -0.398 e. The molecule has 2 aromatic carbocycles.